The van der Waals surface area contributed by atoms with Gasteiger partial charge in [0.1, 0.15) is 6.04 Å². The Balaban J connectivity index is 2.69. The van der Waals surface area contributed by atoms with Gasteiger partial charge in [-0.3, -0.25) is 9.59 Å². The van der Waals surface area contributed by atoms with Crippen molar-refractivity contribution in [1.29, 1.82) is 0 Å². The van der Waals surface area contributed by atoms with Gasteiger partial charge < -0.3 is 20.3 Å². The van der Waals surface area contributed by atoms with Gasteiger partial charge in [0.15, 0.2) is 0 Å². The van der Waals surface area contributed by atoms with E-state index in [-0.39, 0.29) is 17.8 Å². The summed E-state index contributed by atoms with van der Waals surface area (Å²) in [6.45, 7) is 2.47. The summed E-state index contributed by atoms with van der Waals surface area (Å²) in [5.74, 6) is -0.901. The molecule has 6 nitrogen and oxygen atoms in total. The van der Waals surface area contributed by atoms with E-state index in [9.17, 15) is 14.6 Å². The first-order chi connectivity index (χ1) is 7.97. The molecule has 0 radical (unpaired) electrons. The van der Waals surface area contributed by atoms with Crippen molar-refractivity contribution >= 4 is 18.7 Å². The number of nitrogens with one attached hydrogen (secondary N) is 1. The molecular weight excluding hydrogens is 223 g/mol. The van der Waals surface area contributed by atoms with Gasteiger partial charge in [-0.25, -0.2) is 0 Å². The monoisotopic (exact) mass is 242 g/mol. The molecule has 2 atom stereocenters. The number of hydrogen-bond acceptors (Lipinski definition) is 4. The van der Waals surface area contributed by atoms with Crippen LogP contribution in [0.3, 0.4) is 0 Å². The van der Waals surface area contributed by atoms with E-state index in [4.69, 9.17) is 5.11 Å². The van der Waals surface area contributed by atoms with Gasteiger partial charge in [0.2, 0.25) is 11.8 Å². The zero-order valence-electron chi connectivity index (χ0n) is 10.2. The molecule has 3 N–H and O–H groups in total. The fourth-order valence-corrected chi connectivity index (χ4v) is 2.20. The summed E-state index contributed by atoms with van der Waals surface area (Å²) >= 11 is 0. The lowest BCUT2D eigenvalue weighted by Gasteiger charge is -2.28. The van der Waals surface area contributed by atoms with Gasteiger partial charge in [0, 0.05) is 19.4 Å². The summed E-state index contributed by atoms with van der Waals surface area (Å²) in [6.07, 6.45) is 1.58. The molecule has 7 heteroatoms. The summed E-state index contributed by atoms with van der Waals surface area (Å²) in [5.41, 5.74) is 0. The van der Waals surface area contributed by atoms with Crippen LogP contribution >= 0.6 is 0 Å². The summed E-state index contributed by atoms with van der Waals surface area (Å²) in [5, 5.41) is 21.1. The largest absolute Gasteiger partial charge is 0.449 e. The van der Waals surface area contributed by atoms with E-state index in [0.717, 1.165) is 12.8 Å². The quantitative estimate of drug-likeness (QED) is 0.530. The Bertz CT molecular complexity index is 298. The number of aliphatic hydroxyl groups is 1. The van der Waals surface area contributed by atoms with Gasteiger partial charge in [-0.1, -0.05) is 6.82 Å². The fraction of sp³-hybridized carbons (Fsp3) is 0.800. The van der Waals surface area contributed by atoms with Crippen molar-refractivity contribution in [2.75, 3.05) is 13.2 Å². The maximum Gasteiger partial charge on any atom is 0.309 e. The van der Waals surface area contributed by atoms with Gasteiger partial charge in [-0.05, 0) is 12.8 Å². The van der Waals surface area contributed by atoms with Crippen molar-refractivity contribution in [2.45, 2.75) is 38.6 Å². The second kappa shape index (κ2) is 6.02. The lowest BCUT2D eigenvalue weighted by atomic mass is 9.62. The van der Waals surface area contributed by atoms with E-state index in [0.29, 0.717) is 6.54 Å². The Labute approximate surface area is 101 Å². The number of carbonyl (C=O) groups is 2. The van der Waals surface area contributed by atoms with Crippen LogP contribution in [0.5, 0.6) is 0 Å². The van der Waals surface area contributed by atoms with Crippen LogP contribution < -0.4 is 5.32 Å². The third-order valence-corrected chi connectivity index (χ3v) is 3.00. The van der Waals surface area contributed by atoms with Gasteiger partial charge in [0.05, 0.1) is 6.61 Å². The second-order valence-corrected chi connectivity index (χ2v) is 4.42. The number of amides is 2. The summed E-state index contributed by atoms with van der Waals surface area (Å²) in [4.78, 5) is 24.5. The molecule has 0 aromatic rings. The highest BCUT2D eigenvalue weighted by Gasteiger charge is 2.37. The third-order valence-electron chi connectivity index (χ3n) is 3.00. The first kappa shape index (κ1) is 14.0. The molecule has 0 saturated carbocycles. The van der Waals surface area contributed by atoms with Crippen LogP contribution in [0, 0.1) is 0 Å². The Kier molecular flexibility index (Phi) is 4.95. The normalized spacial score (nSPS) is 21.2. The highest BCUT2D eigenvalue weighted by atomic mass is 16.3. The van der Waals surface area contributed by atoms with Crippen molar-refractivity contribution in [1.82, 2.24) is 10.2 Å². The highest BCUT2D eigenvalue weighted by molar-refractivity contribution is 6.51. The van der Waals surface area contributed by atoms with Crippen LogP contribution in [0.1, 0.15) is 19.8 Å². The van der Waals surface area contributed by atoms with E-state index in [1.165, 1.54) is 6.92 Å². The van der Waals surface area contributed by atoms with Crippen molar-refractivity contribution in [3.63, 3.8) is 0 Å². The molecule has 0 aromatic carbocycles. The topological polar surface area (TPSA) is 89.9 Å². The van der Waals surface area contributed by atoms with Crippen molar-refractivity contribution in [3.8, 4) is 0 Å². The van der Waals surface area contributed by atoms with Crippen molar-refractivity contribution in [2.24, 2.45) is 0 Å². The molecule has 0 spiro atoms. The van der Waals surface area contributed by atoms with Gasteiger partial charge in [-0.2, -0.15) is 0 Å². The average Bonchev–Trinajstić information content (AvgIpc) is 2.73. The average molecular weight is 242 g/mol. The zero-order valence-corrected chi connectivity index (χ0v) is 10.2. The Hall–Kier alpha value is -1.08. The molecule has 1 aliphatic heterocycles. The molecule has 17 heavy (non-hydrogen) atoms. The molecule has 1 aliphatic rings. The van der Waals surface area contributed by atoms with Gasteiger partial charge in [0.25, 0.3) is 0 Å². The van der Waals surface area contributed by atoms with Gasteiger partial charge >= 0.3 is 6.92 Å². The number of likely N-dealkylation sites (tertiary alicyclic amines) is 1. The number of hydrogen-bond donors (Lipinski definition) is 3. The second-order valence-electron chi connectivity index (χ2n) is 4.42. The predicted molar refractivity (Wildman–Crippen MR) is 63.3 cm³/mol. The first-order valence-corrected chi connectivity index (χ1v) is 5.84. The van der Waals surface area contributed by atoms with Crippen molar-refractivity contribution < 1.29 is 19.7 Å². The van der Waals surface area contributed by atoms with Crippen LogP contribution in [-0.4, -0.2) is 58.9 Å². The molecule has 0 aromatic heterocycles. The van der Waals surface area contributed by atoms with Gasteiger partial charge in [-0.15, -0.1) is 0 Å². The van der Waals surface area contributed by atoms with E-state index >= 15 is 0 Å². The zero-order chi connectivity index (χ0) is 13.0. The Morgan fingerprint density at radius 1 is 1.59 bits per heavy atom. The molecule has 1 saturated heterocycles. The highest BCUT2D eigenvalue weighted by Crippen LogP contribution is 2.19. The smallest absolute Gasteiger partial charge is 0.309 e. The minimum absolute atomic E-state index is 0.217. The maximum absolute atomic E-state index is 12.1. The molecule has 1 heterocycles. The number of rotatable bonds is 4. The molecule has 0 bridgehead atoms. The number of carbonyl (C=O) groups excluding carboxylic acids is 2. The van der Waals surface area contributed by atoms with Crippen LogP contribution in [0.15, 0.2) is 0 Å². The Morgan fingerprint density at radius 2 is 2.24 bits per heavy atom. The van der Waals surface area contributed by atoms with Crippen LogP contribution in [0.25, 0.3) is 0 Å². The third kappa shape index (κ3) is 3.44. The van der Waals surface area contributed by atoms with Crippen molar-refractivity contribution in [3.05, 3.63) is 0 Å². The summed E-state index contributed by atoms with van der Waals surface area (Å²) < 4.78 is 0. The maximum atomic E-state index is 12.1. The molecule has 96 valence electrons. The predicted octanol–water partition coefficient (Wildman–Crippen LogP) is -1.37. The first-order valence-electron chi connectivity index (χ1n) is 5.84. The number of nitrogens with zero attached hydrogens (tertiary/aromatic N) is 1. The molecule has 1 unspecified atom stereocenters. The fourth-order valence-electron chi connectivity index (χ4n) is 2.20. The molecular formula is C10H19BN2O4. The Morgan fingerprint density at radius 3 is 2.71 bits per heavy atom. The van der Waals surface area contributed by atoms with E-state index in [2.05, 4.69) is 5.32 Å². The molecule has 1 fully saturated rings. The van der Waals surface area contributed by atoms with E-state index in [1.54, 1.807) is 11.7 Å². The van der Waals surface area contributed by atoms with E-state index < -0.39 is 19.6 Å². The minimum Gasteiger partial charge on any atom is -0.449 e. The van der Waals surface area contributed by atoms with Crippen LogP contribution in [0.2, 0.25) is 6.82 Å². The molecule has 1 rings (SSSR count). The lowest BCUT2D eigenvalue weighted by molar-refractivity contribution is -0.137. The van der Waals surface area contributed by atoms with E-state index in [1.807, 2.05) is 0 Å². The van der Waals surface area contributed by atoms with Crippen LogP contribution in [-0.2, 0) is 9.59 Å². The molecule has 2 amide bonds. The molecule has 0 aliphatic carbocycles. The van der Waals surface area contributed by atoms with Crippen LogP contribution in [0.4, 0.5) is 0 Å². The SMILES string of the molecule is CB(O)C1CCCN1C(=O)[C@@H](CO)NC(C)=O. The summed E-state index contributed by atoms with van der Waals surface area (Å²) in [6, 6.07) is -0.910. The summed E-state index contributed by atoms with van der Waals surface area (Å²) in [7, 11) is 0. The lowest BCUT2D eigenvalue weighted by Crippen LogP contribution is -2.54. The standard InChI is InChI=1S/C10H19BN2O4/c1-7(15)12-8(6-14)10(16)13-5-3-4-9(13)11(2)17/h8-9,14,17H,3-6H2,1-2H3,(H,12,15)/t8-,9?/m1/s1. The number of aliphatic hydroxyl groups excluding tert-OH is 1. The minimum atomic E-state index is -0.910.